The Labute approximate surface area is 140 Å². The minimum absolute atomic E-state index is 0.0553. The number of nitrogens with one attached hydrogen (secondary N) is 1. The van der Waals surface area contributed by atoms with Crippen molar-refractivity contribution >= 4 is 23.2 Å². The van der Waals surface area contributed by atoms with Gasteiger partial charge in [0.2, 0.25) is 11.8 Å². The van der Waals surface area contributed by atoms with E-state index in [0.717, 1.165) is 11.3 Å². The maximum atomic E-state index is 13.1. The molecule has 0 spiro atoms. The lowest BCUT2D eigenvalue weighted by molar-refractivity contribution is -0.122. The number of anilines is 2. The lowest BCUT2D eigenvalue weighted by Crippen LogP contribution is -2.28. The second kappa shape index (κ2) is 6.43. The van der Waals surface area contributed by atoms with Gasteiger partial charge in [0, 0.05) is 24.3 Å². The number of carbonyl (C=O) groups excluding carboxylic acids is 2. The first kappa shape index (κ1) is 16.2. The summed E-state index contributed by atoms with van der Waals surface area (Å²) >= 11 is 0. The van der Waals surface area contributed by atoms with Crippen LogP contribution in [0.25, 0.3) is 0 Å². The van der Waals surface area contributed by atoms with E-state index >= 15 is 0 Å². The van der Waals surface area contributed by atoms with Crippen LogP contribution in [0.15, 0.2) is 42.5 Å². The molecule has 3 rings (SSSR count). The van der Waals surface area contributed by atoms with E-state index in [4.69, 9.17) is 0 Å². The highest BCUT2D eigenvalue weighted by molar-refractivity contribution is 6.04. The number of hydrogen-bond donors (Lipinski definition) is 1. The second-order valence-corrected chi connectivity index (χ2v) is 6.14. The van der Waals surface area contributed by atoms with Gasteiger partial charge in [-0.1, -0.05) is 18.2 Å². The summed E-state index contributed by atoms with van der Waals surface area (Å²) in [5.74, 6) is -1.02. The normalized spacial score (nSPS) is 17.2. The molecule has 2 amide bonds. The molecule has 124 valence electrons. The molecule has 0 unspecified atom stereocenters. The number of amides is 2. The molecule has 1 aliphatic rings. The predicted octanol–water partition coefficient (Wildman–Crippen LogP) is 3.43. The maximum absolute atomic E-state index is 13.1. The highest BCUT2D eigenvalue weighted by atomic mass is 19.1. The van der Waals surface area contributed by atoms with Crippen LogP contribution < -0.4 is 10.2 Å². The van der Waals surface area contributed by atoms with Gasteiger partial charge < -0.3 is 10.2 Å². The van der Waals surface area contributed by atoms with Crippen molar-refractivity contribution in [2.45, 2.75) is 20.3 Å². The van der Waals surface area contributed by atoms with Gasteiger partial charge in [-0.25, -0.2) is 4.39 Å². The van der Waals surface area contributed by atoms with Crippen LogP contribution in [0.5, 0.6) is 0 Å². The van der Waals surface area contributed by atoms with Crippen molar-refractivity contribution in [2.75, 3.05) is 16.8 Å². The summed E-state index contributed by atoms with van der Waals surface area (Å²) in [5, 5.41) is 2.80. The molecule has 2 aromatic rings. The number of halogens is 1. The molecule has 4 nitrogen and oxygen atoms in total. The van der Waals surface area contributed by atoms with Gasteiger partial charge in [-0.3, -0.25) is 9.59 Å². The van der Waals surface area contributed by atoms with Crippen molar-refractivity contribution < 1.29 is 14.0 Å². The molecule has 2 aromatic carbocycles. The SMILES string of the molecule is Cc1cc(F)ccc1NC(=O)[C@@H]1CC(=O)N(c2ccccc2C)C1. The van der Waals surface area contributed by atoms with Crippen LogP contribution in [0, 0.1) is 25.6 Å². The fourth-order valence-corrected chi connectivity index (χ4v) is 2.98. The Bertz CT molecular complexity index is 804. The quantitative estimate of drug-likeness (QED) is 0.939. The number of hydrogen-bond acceptors (Lipinski definition) is 2. The van der Waals surface area contributed by atoms with Gasteiger partial charge in [0.1, 0.15) is 5.82 Å². The number of nitrogens with zero attached hydrogens (tertiary/aromatic N) is 1. The topological polar surface area (TPSA) is 49.4 Å². The van der Waals surface area contributed by atoms with Gasteiger partial charge in [0.15, 0.2) is 0 Å². The van der Waals surface area contributed by atoms with E-state index in [1.54, 1.807) is 17.9 Å². The molecule has 24 heavy (non-hydrogen) atoms. The monoisotopic (exact) mass is 326 g/mol. The lowest BCUT2D eigenvalue weighted by atomic mass is 10.1. The van der Waals surface area contributed by atoms with Gasteiger partial charge in [0.25, 0.3) is 0 Å². The van der Waals surface area contributed by atoms with E-state index in [1.165, 1.54) is 12.1 Å². The largest absolute Gasteiger partial charge is 0.326 e. The van der Waals surface area contributed by atoms with E-state index in [2.05, 4.69) is 5.32 Å². The molecule has 1 saturated heterocycles. The van der Waals surface area contributed by atoms with E-state index in [1.807, 2.05) is 31.2 Å². The van der Waals surface area contributed by atoms with Gasteiger partial charge in [-0.15, -0.1) is 0 Å². The van der Waals surface area contributed by atoms with Crippen molar-refractivity contribution in [1.29, 1.82) is 0 Å². The van der Waals surface area contributed by atoms with E-state index in [-0.39, 0.29) is 24.1 Å². The van der Waals surface area contributed by atoms with Gasteiger partial charge in [-0.05, 0) is 49.2 Å². The Morgan fingerprint density at radius 2 is 1.92 bits per heavy atom. The van der Waals surface area contributed by atoms with Crippen LogP contribution in [0.1, 0.15) is 17.5 Å². The van der Waals surface area contributed by atoms with Crippen molar-refractivity contribution in [2.24, 2.45) is 5.92 Å². The van der Waals surface area contributed by atoms with E-state index in [0.29, 0.717) is 17.8 Å². The van der Waals surface area contributed by atoms with Crippen molar-refractivity contribution in [3.63, 3.8) is 0 Å². The summed E-state index contributed by atoms with van der Waals surface area (Å²) in [4.78, 5) is 26.4. The van der Waals surface area contributed by atoms with Crippen LogP contribution in [0.2, 0.25) is 0 Å². The number of carbonyl (C=O) groups is 2. The molecule has 1 N–H and O–H groups in total. The summed E-state index contributed by atoms with van der Waals surface area (Å²) in [5.41, 5.74) is 3.07. The average Bonchev–Trinajstić information content (AvgIpc) is 2.92. The number of rotatable bonds is 3. The van der Waals surface area contributed by atoms with Gasteiger partial charge in [-0.2, -0.15) is 0 Å². The molecule has 0 aliphatic carbocycles. The van der Waals surface area contributed by atoms with Crippen molar-refractivity contribution in [1.82, 2.24) is 0 Å². The van der Waals surface area contributed by atoms with Gasteiger partial charge >= 0.3 is 0 Å². The minimum atomic E-state index is -0.415. The van der Waals surface area contributed by atoms with Crippen LogP contribution in [0.4, 0.5) is 15.8 Å². The molecule has 1 atom stereocenters. The first-order chi connectivity index (χ1) is 11.5. The summed E-state index contributed by atoms with van der Waals surface area (Å²) in [6.07, 6.45) is 0.181. The predicted molar refractivity (Wildman–Crippen MR) is 91.4 cm³/mol. The molecule has 5 heteroatoms. The fourth-order valence-electron chi connectivity index (χ4n) is 2.98. The second-order valence-electron chi connectivity index (χ2n) is 6.14. The molecule has 0 aromatic heterocycles. The van der Waals surface area contributed by atoms with Gasteiger partial charge in [0.05, 0.1) is 5.92 Å². The van der Waals surface area contributed by atoms with Crippen molar-refractivity contribution in [3.8, 4) is 0 Å². The fraction of sp³-hybridized carbons (Fsp3) is 0.263. The van der Waals surface area contributed by atoms with Crippen LogP contribution in [-0.4, -0.2) is 18.4 Å². The molecule has 1 heterocycles. The Morgan fingerprint density at radius 1 is 1.17 bits per heavy atom. The highest BCUT2D eigenvalue weighted by Crippen LogP contribution is 2.28. The molecule has 0 radical (unpaired) electrons. The summed E-state index contributed by atoms with van der Waals surface area (Å²) < 4.78 is 13.1. The molecular formula is C19H19FN2O2. The van der Waals surface area contributed by atoms with Crippen LogP contribution in [0.3, 0.4) is 0 Å². The van der Waals surface area contributed by atoms with Crippen molar-refractivity contribution in [3.05, 3.63) is 59.4 Å². The standard InChI is InChI=1S/C19H19FN2O2/c1-12-5-3-4-6-17(12)22-11-14(10-18(22)23)19(24)21-16-8-7-15(20)9-13(16)2/h3-9,14H,10-11H2,1-2H3,(H,21,24)/t14-/m1/s1. The van der Waals surface area contributed by atoms with Crippen LogP contribution in [-0.2, 0) is 9.59 Å². The summed E-state index contributed by atoms with van der Waals surface area (Å²) in [6.45, 7) is 4.03. The average molecular weight is 326 g/mol. The number of aryl methyl sites for hydroxylation is 2. The lowest BCUT2D eigenvalue weighted by Gasteiger charge is -2.19. The summed E-state index contributed by atoms with van der Waals surface area (Å²) in [6, 6.07) is 11.8. The minimum Gasteiger partial charge on any atom is -0.326 e. The summed E-state index contributed by atoms with van der Waals surface area (Å²) in [7, 11) is 0. The first-order valence-electron chi connectivity index (χ1n) is 7.88. The number of para-hydroxylation sites is 1. The van der Waals surface area contributed by atoms with E-state index < -0.39 is 5.92 Å². The third-order valence-corrected chi connectivity index (χ3v) is 4.35. The molecule has 0 bridgehead atoms. The third kappa shape index (κ3) is 3.15. The Morgan fingerprint density at radius 3 is 2.62 bits per heavy atom. The highest BCUT2D eigenvalue weighted by Gasteiger charge is 2.35. The van der Waals surface area contributed by atoms with Crippen LogP contribution >= 0.6 is 0 Å². The number of benzene rings is 2. The molecular weight excluding hydrogens is 307 g/mol. The molecule has 1 fully saturated rings. The third-order valence-electron chi connectivity index (χ3n) is 4.35. The smallest absolute Gasteiger partial charge is 0.229 e. The zero-order valence-corrected chi connectivity index (χ0v) is 13.7. The first-order valence-corrected chi connectivity index (χ1v) is 7.88. The molecule has 1 aliphatic heterocycles. The molecule has 0 saturated carbocycles. The maximum Gasteiger partial charge on any atom is 0.229 e. The Hall–Kier alpha value is -2.69. The Kier molecular flexibility index (Phi) is 4.34. The zero-order chi connectivity index (χ0) is 17.3. The Balaban J connectivity index is 1.73. The zero-order valence-electron chi connectivity index (χ0n) is 13.7. The van der Waals surface area contributed by atoms with E-state index in [9.17, 15) is 14.0 Å².